The van der Waals surface area contributed by atoms with E-state index in [-0.39, 0.29) is 11.7 Å². The summed E-state index contributed by atoms with van der Waals surface area (Å²) in [6.07, 6.45) is 3.57. The van der Waals surface area contributed by atoms with Gasteiger partial charge in [-0.05, 0) is 43.7 Å². The third-order valence-corrected chi connectivity index (χ3v) is 3.05. The topological polar surface area (TPSA) is 61.4 Å². The number of rotatable bonds is 3. The van der Waals surface area contributed by atoms with Crippen LogP contribution in [-0.4, -0.2) is 30.1 Å². The van der Waals surface area contributed by atoms with Gasteiger partial charge in [0.15, 0.2) is 0 Å². The summed E-state index contributed by atoms with van der Waals surface area (Å²) >= 11 is 0. The molecule has 0 aliphatic carbocycles. The molecule has 1 atom stereocenters. The monoisotopic (exact) mass is 234 g/mol. The lowest BCUT2D eigenvalue weighted by molar-refractivity contribution is 0.0948. The van der Waals surface area contributed by atoms with Gasteiger partial charge in [0.2, 0.25) is 0 Å². The lowest BCUT2D eigenvalue weighted by atomic mass is 10.1. The third kappa shape index (κ3) is 3.46. The molecule has 1 aliphatic heterocycles. The summed E-state index contributed by atoms with van der Waals surface area (Å²) < 4.78 is 0. The first-order valence-electron chi connectivity index (χ1n) is 6.06. The van der Waals surface area contributed by atoms with E-state index < -0.39 is 0 Å². The van der Waals surface area contributed by atoms with E-state index in [2.05, 4.69) is 10.6 Å². The van der Waals surface area contributed by atoms with Crippen molar-refractivity contribution in [2.45, 2.75) is 25.3 Å². The van der Waals surface area contributed by atoms with E-state index >= 15 is 0 Å². The van der Waals surface area contributed by atoms with Crippen molar-refractivity contribution in [2.75, 3.05) is 13.1 Å². The number of piperidine rings is 1. The number of benzene rings is 1. The number of phenolic OH excluding ortho intramolecular Hbond substituents is 1. The van der Waals surface area contributed by atoms with Crippen LogP contribution in [0.4, 0.5) is 0 Å². The van der Waals surface area contributed by atoms with Gasteiger partial charge in [-0.15, -0.1) is 0 Å². The van der Waals surface area contributed by atoms with Crippen molar-refractivity contribution in [1.29, 1.82) is 0 Å². The summed E-state index contributed by atoms with van der Waals surface area (Å²) in [6.45, 7) is 1.71. The number of hydrogen-bond acceptors (Lipinski definition) is 3. The summed E-state index contributed by atoms with van der Waals surface area (Å²) in [4.78, 5) is 11.8. The van der Waals surface area contributed by atoms with Crippen LogP contribution in [0.25, 0.3) is 0 Å². The number of hydrogen-bond donors (Lipinski definition) is 3. The molecule has 4 nitrogen and oxygen atoms in total. The molecule has 1 amide bonds. The quantitative estimate of drug-likeness (QED) is 0.738. The van der Waals surface area contributed by atoms with Gasteiger partial charge < -0.3 is 15.7 Å². The van der Waals surface area contributed by atoms with Gasteiger partial charge in [-0.1, -0.05) is 6.42 Å². The second-order valence-corrected chi connectivity index (χ2v) is 4.40. The number of phenols is 1. The third-order valence-electron chi connectivity index (χ3n) is 3.05. The van der Waals surface area contributed by atoms with E-state index in [0.717, 1.165) is 13.0 Å². The van der Waals surface area contributed by atoms with Crippen molar-refractivity contribution >= 4 is 5.91 Å². The lowest BCUT2D eigenvalue weighted by Gasteiger charge is -2.23. The van der Waals surface area contributed by atoms with Crippen LogP contribution in [0.3, 0.4) is 0 Å². The predicted molar refractivity (Wildman–Crippen MR) is 66.1 cm³/mol. The highest BCUT2D eigenvalue weighted by molar-refractivity contribution is 5.94. The van der Waals surface area contributed by atoms with Crippen LogP contribution in [0.5, 0.6) is 5.75 Å². The zero-order chi connectivity index (χ0) is 12.1. The van der Waals surface area contributed by atoms with E-state index in [1.807, 2.05) is 0 Å². The van der Waals surface area contributed by atoms with Gasteiger partial charge in [-0.2, -0.15) is 0 Å². The number of carbonyl (C=O) groups is 1. The molecule has 0 aromatic heterocycles. The first-order valence-corrected chi connectivity index (χ1v) is 6.06. The maximum atomic E-state index is 11.8. The maximum Gasteiger partial charge on any atom is 0.251 e. The standard InChI is InChI=1S/C13H18N2O2/c16-12-6-4-10(5-7-12)13(17)15-9-11-3-1-2-8-14-11/h4-7,11,14,16H,1-3,8-9H2,(H,15,17). The zero-order valence-corrected chi connectivity index (χ0v) is 9.78. The molecular formula is C13H18N2O2. The van der Waals surface area contributed by atoms with Crippen LogP contribution in [-0.2, 0) is 0 Å². The molecule has 1 aromatic carbocycles. The first-order chi connectivity index (χ1) is 8.25. The summed E-state index contributed by atoms with van der Waals surface area (Å²) in [6, 6.07) is 6.68. The smallest absolute Gasteiger partial charge is 0.251 e. The van der Waals surface area contributed by atoms with Gasteiger partial charge in [0.05, 0.1) is 0 Å². The Balaban J connectivity index is 1.82. The van der Waals surface area contributed by atoms with Crippen LogP contribution < -0.4 is 10.6 Å². The van der Waals surface area contributed by atoms with Gasteiger partial charge >= 0.3 is 0 Å². The largest absolute Gasteiger partial charge is 0.508 e. The fraction of sp³-hybridized carbons (Fsp3) is 0.462. The highest BCUT2D eigenvalue weighted by Gasteiger charge is 2.13. The molecule has 92 valence electrons. The van der Waals surface area contributed by atoms with E-state index in [4.69, 9.17) is 5.11 Å². The van der Waals surface area contributed by atoms with E-state index in [0.29, 0.717) is 18.2 Å². The van der Waals surface area contributed by atoms with Crippen molar-refractivity contribution in [3.8, 4) is 5.75 Å². The molecule has 0 saturated carbocycles. The Morgan fingerprint density at radius 2 is 2.12 bits per heavy atom. The van der Waals surface area contributed by atoms with Crippen LogP contribution in [0, 0.1) is 0 Å². The lowest BCUT2D eigenvalue weighted by Crippen LogP contribution is -2.43. The molecule has 17 heavy (non-hydrogen) atoms. The van der Waals surface area contributed by atoms with Crippen molar-refractivity contribution < 1.29 is 9.90 Å². The number of nitrogens with one attached hydrogen (secondary N) is 2. The summed E-state index contributed by atoms with van der Waals surface area (Å²) in [5.74, 6) is 0.0906. The van der Waals surface area contributed by atoms with E-state index in [1.165, 1.54) is 25.0 Å². The predicted octanol–water partition coefficient (Wildman–Crippen LogP) is 1.26. The maximum absolute atomic E-state index is 11.8. The van der Waals surface area contributed by atoms with Crippen LogP contribution >= 0.6 is 0 Å². The normalized spacial score (nSPS) is 19.9. The average molecular weight is 234 g/mol. The molecule has 1 aromatic rings. The minimum absolute atomic E-state index is 0.0858. The van der Waals surface area contributed by atoms with Crippen molar-refractivity contribution in [2.24, 2.45) is 0 Å². The summed E-state index contributed by atoms with van der Waals surface area (Å²) in [5.41, 5.74) is 0.582. The Bertz CT molecular complexity index is 370. The van der Waals surface area contributed by atoms with Gasteiger partial charge in [0.1, 0.15) is 5.75 Å². The van der Waals surface area contributed by atoms with E-state index in [9.17, 15) is 4.79 Å². The number of carbonyl (C=O) groups excluding carboxylic acids is 1. The Morgan fingerprint density at radius 1 is 1.35 bits per heavy atom. The number of aromatic hydroxyl groups is 1. The highest BCUT2D eigenvalue weighted by Crippen LogP contribution is 2.10. The zero-order valence-electron chi connectivity index (χ0n) is 9.78. The summed E-state index contributed by atoms with van der Waals surface area (Å²) in [5, 5.41) is 15.4. The molecule has 1 heterocycles. The second-order valence-electron chi connectivity index (χ2n) is 4.40. The van der Waals surface area contributed by atoms with Gasteiger partial charge in [0.25, 0.3) is 5.91 Å². The molecule has 1 aliphatic rings. The average Bonchev–Trinajstić information content (AvgIpc) is 2.38. The minimum atomic E-state index is -0.0858. The molecule has 1 saturated heterocycles. The number of amides is 1. The Hall–Kier alpha value is -1.55. The molecule has 0 spiro atoms. The van der Waals surface area contributed by atoms with Crippen molar-refractivity contribution in [1.82, 2.24) is 10.6 Å². The SMILES string of the molecule is O=C(NCC1CCCCN1)c1ccc(O)cc1. The molecular weight excluding hydrogens is 216 g/mol. The van der Waals surface area contributed by atoms with Gasteiger partial charge in [-0.3, -0.25) is 4.79 Å². The molecule has 1 unspecified atom stereocenters. The van der Waals surface area contributed by atoms with Crippen molar-refractivity contribution in [3.05, 3.63) is 29.8 Å². The van der Waals surface area contributed by atoms with Crippen molar-refractivity contribution in [3.63, 3.8) is 0 Å². The Labute approximate surface area is 101 Å². The Kier molecular flexibility index (Phi) is 3.98. The Morgan fingerprint density at radius 3 is 2.76 bits per heavy atom. The minimum Gasteiger partial charge on any atom is -0.508 e. The molecule has 3 N–H and O–H groups in total. The molecule has 0 radical (unpaired) electrons. The second kappa shape index (κ2) is 5.68. The highest BCUT2D eigenvalue weighted by atomic mass is 16.3. The summed E-state index contributed by atoms with van der Waals surface area (Å²) in [7, 11) is 0. The molecule has 1 fully saturated rings. The molecule has 0 bridgehead atoms. The van der Waals surface area contributed by atoms with Gasteiger partial charge in [0, 0.05) is 18.2 Å². The van der Waals surface area contributed by atoms with Crippen LogP contribution in [0.15, 0.2) is 24.3 Å². The fourth-order valence-electron chi connectivity index (χ4n) is 2.03. The molecule has 4 heteroatoms. The van der Waals surface area contributed by atoms with Gasteiger partial charge in [-0.25, -0.2) is 0 Å². The van der Waals surface area contributed by atoms with Crippen LogP contribution in [0.1, 0.15) is 29.6 Å². The first kappa shape index (κ1) is 11.9. The molecule has 2 rings (SSSR count). The van der Waals surface area contributed by atoms with E-state index in [1.54, 1.807) is 12.1 Å². The van der Waals surface area contributed by atoms with Crippen LogP contribution in [0.2, 0.25) is 0 Å². The fourth-order valence-corrected chi connectivity index (χ4v) is 2.03.